The third-order valence-corrected chi connectivity index (χ3v) is 8.27. The number of benzene rings is 2. The number of aryl methyl sites for hydroxylation is 1. The van der Waals surface area contributed by atoms with Gasteiger partial charge in [-0.25, -0.2) is 18.1 Å². The Morgan fingerprint density at radius 1 is 1.21 bits per heavy atom. The molecule has 2 aromatic carbocycles. The molecule has 0 radical (unpaired) electrons. The molecule has 0 bridgehead atoms. The molecule has 1 N–H and O–H groups in total. The second-order valence-electron chi connectivity index (χ2n) is 7.39. The monoisotopic (exact) mass is 522 g/mol. The normalized spacial score (nSPS) is 15.8. The standard InChI is InChI=1S/C22H23ClN4O5S2/c1-15-14-33-22(27(15)24-13-16-3-6-21(31-2)20(28)11-16)25-19-12-17(4-5-18(19)23)34(29,30)26-7-9-32-10-8-26/h3-6,11-14,28H,7-10H2,1-2H3. The van der Waals surface area contributed by atoms with E-state index in [1.54, 1.807) is 23.0 Å². The lowest BCUT2D eigenvalue weighted by atomic mass is 10.2. The minimum atomic E-state index is -3.69. The maximum atomic E-state index is 13.0. The van der Waals surface area contributed by atoms with Crippen molar-refractivity contribution in [1.82, 2.24) is 8.98 Å². The van der Waals surface area contributed by atoms with Gasteiger partial charge in [-0.05, 0) is 48.9 Å². The number of halogens is 1. The first kappa shape index (κ1) is 24.4. The van der Waals surface area contributed by atoms with E-state index < -0.39 is 10.0 Å². The largest absolute Gasteiger partial charge is 0.504 e. The van der Waals surface area contributed by atoms with Gasteiger partial charge in [0.1, 0.15) is 0 Å². The minimum Gasteiger partial charge on any atom is -0.504 e. The van der Waals surface area contributed by atoms with Crippen molar-refractivity contribution in [2.24, 2.45) is 10.1 Å². The van der Waals surface area contributed by atoms with Crippen molar-refractivity contribution in [3.05, 3.63) is 62.9 Å². The van der Waals surface area contributed by atoms with E-state index in [2.05, 4.69) is 10.1 Å². The van der Waals surface area contributed by atoms with E-state index >= 15 is 0 Å². The molecule has 4 rings (SSSR count). The molecule has 1 aliphatic heterocycles. The predicted molar refractivity (Wildman–Crippen MR) is 131 cm³/mol. The Balaban J connectivity index is 1.69. The molecule has 2 heterocycles. The Morgan fingerprint density at radius 2 is 1.97 bits per heavy atom. The van der Waals surface area contributed by atoms with E-state index in [0.717, 1.165) is 5.69 Å². The fourth-order valence-electron chi connectivity index (χ4n) is 3.29. The number of morpholine rings is 1. The third-order valence-electron chi connectivity index (χ3n) is 5.12. The molecule has 1 aromatic heterocycles. The quantitative estimate of drug-likeness (QED) is 0.500. The Morgan fingerprint density at radius 3 is 2.68 bits per heavy atom. The molecule has 0 aliphatic carbocycles. The molecule has 0 saturated carbocycles. The number of sulfonamides is 1. The summed E-state index contributed by atoms with van der Waals surface area (Å²) in [6.07, 6.45) is 1.58. The van der Waals surface area contributed by atoms with E-state index in [9.17, 15) is 13.5 Å². The first-order valence-corrected chi connectivity index (χ1v) is 13.0. The van der Waals surface area contributed by atoms with Crippen molar-refractivity contribution in [3.8, 4) is 11.5 Å². The van der Waals surface area contributed by atoms with Crippen molar-refractivity contribution < 1.29 is 23.0 Å². The second-order valence-corrected chi connectivity index (χ2v) is 10.6. The average Bonchev–Trinajstić information content (AvgIpc) is 3.18. The highest BCUT2D eigenvalue weighted by molar-refractivity contribution is 7.89. The fraction of sp³-hybridized carbons (Fsp3) is 0.273. The Bertz CT molecular complexity index is 1390. The van der Waals surface area contributed by atoms with Crippen LogP contribution >= 0.6 is 22.9 Å². The maximum absolute atomic E-state index is 13.0. The molecule has 180 valence electrons. The minimum absolute atomic E-state index is 0.00785. The molecule has 1 fully saturated rings. The fourth-order valence-corrected chi connectivity index (χ4v) is 5.70. The summed E-state index contributed by atoms with van der Waals surface area (Å²) in [7, 11) is -2.21. The molecule has 1 aliphatic rings. The number of nitrogens with zero attached hydrogens (tertiary/aromatic N) is 4. The van der Waals surface area contributed by atoms with Crippen LogP contribution in [0.15, 0.2) is 56.8 Å². The summed E-state index contributed by atoms with van der Waals surface area (Å²) >= 11 is 7.70. The Hall–Kier alpha value is -2.70. The number of aromatic hydroxyl groups is 1. The summed E-state index contributed by atoms with van der Waals surface area (Å²) in [5.41, 5.74) is 1.81. The number of hydrogen-bond acceptors (Lipinski definition) is 8. The van der Waals surface area contributed by atoms with Crippen LogP contribution in [0.3, 0.4) is 0 Å². The molecule has 0 unspecified atom stereocenters. The number of phenolic OH excluding ortho intramolecular Hbond substituents is 1. The van der Waals surface area contributed by atoms with E-state index in [-0.39, 0.29) is 10.6 Å². The maximum Gasteiger partial charge on any atom is 0.243 e. The Kier molecular flexibility index (Phi) is 7.39. The third kappa shape index (κ3) is 5.18. The van der Waals surface area contributed by atoms with Crippen LogP contribution in [0.2, 0.25) is 5.02 Å². The van der Waals surface area contributed by atoms with Crippen molar-refractivity contribution in [2.75, 3.05) is 33.4 Å². The first-order valence-electron chi connectivity index (χ1n) is 10.3. The van der Waals surface area contributed by atoms with Gasteiger partial charge in [0.2, 0.25) is 14.8 Å². The summed E-state index contributed by atoms with van der Waals surface area (Å²) in [5.74, 6) is 0.377. The van der Waals surface area contributed by atoms with E-state index in [0.29, 0.717) is 53.1 Å². The summed E-state index contributed by atoms with van der Waals surface area (Å²) in [6, 6.07) is 9.43. The van der Waals surface area contributed by atoms with Gasteiger partial charge >= 0.3 is 0 Å². The van der Waals surface area contributed by atoms with Crippen LogP contribution in [0.25, 0.3) is 0 Å². The predicted octanol–water partition coefficient (Wildman–Crippen LogP) is 3.36. The van der Waals surface area contributed by atoms with Gasteiger partial charge < -0.3 is 14.6 Å². The SMILES string of the molecule is COc1ccc(C=Nn2c(C)csc2=Nc2cc(S(=O)(=O)N3CCOCC3)ccc2Cl)cc1O. The van der Waals surface area contributed by atoms with E-state index in [1.807, 2.05) is 12.3 Å². The molecule has 0 amide bonds. The van der Waals surface area contributed by atoms with Crippen molar-refractivity contribution in [3.63, 3.8) is 0 Å². The van der Waals surface area contributed by atoms with Crippen molar-refractivity contribution >= 4 is 44.9 Å². The lowest BCUT2D eigenvalue weighted by molar-refractivity contribution is 0.0730. The number of hydrogen-bond donors (Lipinski definition) is 1. The topological polar surface area (TPSA) is 106 Å². The highest BCUT2D eigenvalue weighted by Gasteiger charge is 2.26. The molecule has 9 nitrogen and oxygen atoms in total. The highest BCUT2D eigenvalue weighted by Crippen LogP contribution is 2.29. The van der Waals surface area contributed by atoms with Crippen LogP contribution in [0.1, 0.15) is 11.3 Å². The molecule has 0 atom stereocenters. The van der Waals surface area contributed by atoms with E-state index in [1.165, 1.54) is 47.0 Å². The first-order chi connectivity index (χ1) is 16.3. The lowest BCUT2D eigenvalue weighted by Gasteiger charge is -2.26. The Labute approximate surface area is 206 Å². The highest BCUT2D eigenvalue weighted by atomic mass is 35.5. The summed E-state index contributed by atoms with van der Waals surface area (Å²) in [6.45, 7) is 3.21. The second kappa shape index (κ2) is 10.3. The van der Waals surface area contributed by atoms with Crippen LogP contribution in [0.4, 0.5) is 5.69 Å². The van der Waals surface area contributed by atoms with Crippen LogP contribution in [-0.2, 0) is 14.8 Å². The van der Waals surface area contributed by atoms with Gasteiger partial charge in [-0.15, -0.1) is 11.3 Å². The van der Waals surface area contributed by atoms with Gasteiger partial charge in [0, 0.05) is 18.5 Å². The van der Waals surface area contributed by atoms with Crippen molar-refractivity contribution in [2.45, 2.75) is 11.8 Å². The number of aromatic nitrogens is 1. The zero-order valence-corrected chi connectivity index (χ0v) is 20.9. The molecular formula is C22H23ClN4O5S2. The van der Waals surface area contributed by atoms with Gasteiger partial charge in [-0.2, -0.15) is 9.41 Å². The average molecular weight is 523 g/mol. The number of thiazole rings is 1. The number of rotatable bonds is 6. The molecule has 0 spiro atoms. The van der Waals surface area contributed by atoms with Crippen LogP contribution in [0.5, 0.6) is 11.5 Å². The van der Waals surface area contributed by atoms with E-state index in [4.69, 9.17) is 21.1 Å². The van der Waals surface area contributed by atoms with Gasteiger partial charge in [-0.1, -0.05) is 11.6 Å². The van der Waals surface area contributed by atoms with Gasteiger partial charge in [0.15, 0.2) is 11.5 Å². The summed E-state index contributed by atoms with van der Waals surface area (Å²) in [4.78, 5) is 5.23. The van der Waals surface area contributed by atoms with Crippen LogP contribution in [-0.4, -0.2) is 62.1 Å². The zero-order chi connectivity index (χ0) is 24.3. The van der Waals surface area contributed by atoms with Crippen LogP contribution in [0, 0.1) is 6.92 Å². The number of methoxy groups -OCH3 is 1. The molecule has 1 saturated heterocycles. The molecule has 34 heavy (non-hydrogen) atoms. The van der Waals surface area contributed by atoms with Gasteiger partial charge in [0.05, 0.1) is 47.8 Å². The van der Waals surface area contributed by atoms with Gasteiger partial charge in [-0.3, -0.25) is 0 Å². The summed E-state index contributed by atoms with van der Waals surface area (Å²) < 4.78 is 39.4. The smallest absolute Gasteiger partial charge is 0.243 e. The molecular weight excluding hydrogens is 500 g/mol. The zero-order valence-electron chi connectivity index (χ0n) is 18.5. The van der Waals surface area contributed by atoms with Gasteiger partial charge in [0.25, 0.3) is 0 Å². The number of phenols is 1. The molecule has 12 heteroatoms. The molecule has 3 aromatic rings. The number of ether oxygens (including phenoxy) is 2. The van der Waals surface area contributed by atoms with Crippen molar-refractivity contribution in [1.29, 1.82) is 0 Å². The van der Waals surface area contributed by atoms with Crippen LogP contribution < -0.4 is 9.54 Å². The lowest BCUT2D eigenvalue weighted by Crippen LogP contribution is -2.40. The summed E-state index contributed by atoms with van der Waals surface area (Å²) in [5, 5.41) is 16.7.